The van der Waals surface area contributed by atoms with Crippen molar-refractivity contribution in [2.75, 3.05) is 7.11 Å². The quantitative estimate of drug-likeness (QED) is 0.839. The topological polar surface area (TPSA) is 100 Å². The zero-order valence-electron chi connectivity index (χ0n) is 12.8. The molecule has 2 N–H and O–H groups in total. The number of rotatable bonds is 7. The second kappa shape index (κ2) is 6.93. The highest BCUT2D eigenvalue weighted by molar-refractivity contribution is 5.96. The van der Waals surface area contributed by atoms with E-state index in [4.69, 9.17) is 19.7 Å². The molecule has 1 heterocycles. The predicted octanol–water partition coefficient (Wildman–Crippen LogP) is 1.95. The van der Waals surface area contributed by atoms with E-state index in [1.165, 1.54) is 13.2 Å². The number of benzene rings is 1. The molecular weight excluding hydrogens is 286 g/mol. The van der Waals surface area contributed by atoms with Gasteiger partial charge in [-0.05, 0) is 24.1 Å². The fraction of sp³-hybridized carbons (Fsp3) is 0.400. The van der Waals surface area contributed by atoms with Crippen LogP contribution in [0, 0.1) is 5.92 Å². The van der Waals surface area contributed by atoms with Gasteiger partial charge in [-0.1, -0.05) is 19.0 Å². The first-order valence-electron chi connectivity index (χ1n) is 6.91. The van der Waals surface area contributed by atoms with E-state index >= 15 is 0 Å². The minimum atomic E-state index is -0.595. The third-order valence-corrected chi connectivity index (χ3v) is 2.90. The Morgan fingerprint density at radius 3 is 2.82 bits per heavy atom. The van der Waals surface area contributed by atoms with Crippen LogP contribution < -0.4 is 15.2 Å². The van der Waals surface area contributed by atoms with Gasteiger partial charge < -0.3 is 19.7 Å². The molecule has 0 unspecified atom stereocenters. The van der Waals surface area contributed by atoms with Gasteiger partial charge in [0.2, 0.25) is 11.7 Å². The molecule has 0 radical (unpaired) electrons. The van der Waals surface area contributed by atoms with Crippen LogP contribution in [-0.2, 0) is 13.0 Å². The maximum Gasteiger partial charge on any atom is 0.252 e. The van der Waals surface area contributed by atoms with Gasteiger partial charge in [-0.15, -0.1) is 0 Å². The van der Waals surface area contributed by atoms with Crippen molar-refractivity contribution in [3.8, 4) is 11.5 Å². The Labute approximate surface area is 128 Å². The van der Waals surface area contributed by atoms with Crippen LogP contribution in [0.5, 0.6) is 11.5 Å². The zero-order chi connectivity index (χ0) is 16.1. The Morgan fingerprint density at radius 2 is 2.18 bits per heavy atom. The second-order valence-electron chi connectivity index (χ2n) is 5.22. The Bertz CT molecular complexity index is 652. The van der Waals surface area contributed by atoms with E-state index in [1.54, 1.807) is 12.1 Å². The molecule has 7 heteroatoms. The molecule has 0 bridgehead atoms. The van der Waals surface area contributed by atoms with Crippen molar-refractivity contribution in [2.24, 2.45) is 11.7 Å². The summed E-state index contributed by atoms with van der Waals surface area (Å²) >= 11 is 0. The number of hydrogen-bond donors (Lipinski definition) is 1. The van der Waals surface area contributed by atoms with Gasteiger partial charge in [0.15, 0.2) is 6.61 Å². The molecule has 0 aliphatic heterocycles. The van der Waals surface area contributed by atoms with Gasteiger partial charge in [-0.2, -0.15) is 4.98 Å². The third-order valence-electron chi connectivity index (χ3n) is 2.90. The van der Waals surface area contributed by atoms with E-state index in [2.05, 4.69) is 24.0 Å². The number of nitrogens with zero attached hydrogens (tertiary/aromatic N) is 2. The van der Waals surface area contributed by atoms with Crippen molar-refractivity contribution in [1.82, 2.24) is 10.1 Å². The number of carbonyl (C=O) groups excluding carboxylic acids is 1. The molecule has 0 atom stereocenters. The van der Waals surface area contributed by atoms with Gasteiger partial charge >= 0.3 is 0 Å². The zero-order valence-corrected chi connectivity index (χ0v) is 12.8. The Balaban J connectivity index is 2.07. The molecule has 0 saturated heterocycles. The molecule has 22 heavy (non-hydrogen) atoms. The minimum absolute atomic E-state index is 0.0915. The monoisotopic (exact) mass is 305 g/mol. The van der Waals surface area contributed by atoms with E-state index < -0.39 is 5.91 Å². The summed E-state index contributed by atoms with van der Waals surface area (Å²) in [5.74, 6) is 1.70. The number of primary amides is 1. The van der Waals surface area contributed by atoms with Crippen molar-refractivity contribution in [2.45, 2.75) is 26.9 Å². The third kappa shape index (κ3) is 3.97. The summed E-state index contributed by atoms with van der Waals surface area (Å²) in [4.78, 5) is 15.7. The van der Waals surface area contributed by atoms with Crippen LogP contribution in [-0.4, -0.2) is 23.2 Å². The van der Waals surface area contributed by atoms with Crippen LogP contribution in [0.25, 0.3) is 0 Å². The molecule has 1 amide bonds. The number of ether oxygens (including phenoxy) is 2. The number of amides is 1. The van der Waals surface area contributed by atoms with Crippen LogP contribution >= 0.6 is 0 Å². The molecule has 1 aromatic heterocycles. The minimum Gasteiger partial charge on any atom is -0.497 e. The number of methoxy groups -OCH3 is 1. The highest BCUT2D eigenvalue weighted by Gasteiger charge is 2.13. The molecule has 118 valence electrons. The second-order valence-corrected chi connectivity index (χ2v) is 5.22. The van der Waals surface area contributed by atoms with E-state index in [0.29, 0.717) is 35.6 Å². The smallest absolute Gasteiger partial charge is 0.252 e. The highest BCUT2D eigenvalue weighted by atomic mass is 16.5. The van der Waals surface area contributed by atoms with E-state index in [0.717, 1.165) is 0 Å². The van der Waals surface area contributed by atoms with Crippen molar-refractivity contribution >= 4 is 5.91 Å². The Morgan fingerprint density at radius 1 is 1.41 bits per heavy atom. The SMILES string of the molecule is COc1ccc(OCc2noc(CC(C)C)n2)c(C(N)=O)c1. The first kappa shape index (κ1) is 15.8. The molecule has 2 rings (SSSR count). The summed E-state index contributed by atoms with van der Waals surface area (Å²) in [5.41, 5.74) is 5.58. The van der Waals surface area contributed by atoms with Crippen LogP contribution in [0.2, 0.25) is 0 Å². The number of carbonyl (C=O) groups is 1. The summed E-state index contributed by atoms with van der Waals surface area (Å²) in [6, 6.07) is 4.83. The van der Waals surface area contributed by atoms with Crippen LogP contribution in [0.3, 0.4) is 0 Å². The molecule has 1 aromatic carbocycles. The molecule has 0 spiro atoms. The molecular formula is C15H19N3O4. The summed E-state index contributed by atoms with van der Waals surface area (Å²) in [7, 11) is 1.51. The Hall–Kier alpha value is -2.57. The van der Waals surface area contributed by atoms with Crippen molar-refractivity contribution < 1.29 is 18.8 Å². The lowest BCUT2D eigenvalue weighted by Crippen LogP contribution is -2.13. The van der Waals surface area contributed by atoms with Crippen LogP contribution in [0.15, 0.2) is 22.7 Å². The lowest BCUT2D eigenvalue weighted by Gasteiger charge is -2.09. The summed E-state index contributed by atoms with van der Waals surface area (Å²) in [6.07, 6.45) is 0.710. The first-order valence-corrected chi connectivity index (χ1v) is 6.91. The predicted molar refractivity (Wildman–Crippen MR) is 78.7 cm³/mol. The standard InChI is InChI=1S/C15H19N3O4/c1-9(2)6-14-17-13(18-22-14)8-21-12-5-4-10(20-3)7-11(12)15(16)19/h4-5,7,9H,6,8H2,1-3H3,(H2,16,19). The number of aromatic nitrogens is 2. The van der Waals surface area contributed by atoms with Crippen molar-refractivity contribution in [1.29, 1.82) is 0 Å². The maximum atomic E-state index is 11.5. The molecule has 0 aliphatic carbocycles. The molecule has 0 saturated carbocycles. The van der Waals surface area contributed by atoms with E-state index in [1.807, 2.05) is 0 Å². The first-order chi connectivity index (χ1) is 10.5. The highest BCUT2D eigenvalue weighted by Crippen LogP contribution is 2.24. The summed E-state index contributed by atoms with van der Waals surface area (Å²) in [6.45, 7) is 4.22. The van der Waals surface area contributed by atoms with Crippen molar-refractivity contribution in [3.63, 3.8) is 0 Å². The molecule has 2 aromatic rings. The normalized spacial score (nSPS) is 10.7. The van der Waals surface area contributed by atoms with Gasteiger partial charge in [0.25, 0.3) is 5.91 Å². The average molecular weight is 305 g/mol. The largest absolute Gasteiger partial charge is 0.497 e. The average Bonchev–Trinajstić information content (AvgIpc) is 2.91. The lowest BCUT2D eigenvalue weighted by molar-refractivity contribution is 0.0995. The van der Waals surface area contributed by atoms with E-state index in [-0.39, 0.29) is 12.2 Å². The maximum absolute atomic E-state index is 11.5. The van der Waals surface area contributed by atoms with Crippen LogP contribution in [0.1, 0.15) is 35.9 Å². The Kier molecular flexibility index (Phi) is 4.98. The van der Waals surface area contributed by atoms with E-state index in [9.17, 15) is 4.79 Å². The van der Waals surface area contributed by atoms with Gasteiger partial charge in [0.1, 0.15) is 11.5 Å². The number of hydrogen-bond acceptors (Lipinski definition) is 6. The van der Waals surface area contributed by atoms with Gasteiger partial charge in [-0.25, -0.2) is 0 Å². The van der Waals surface area contributed by atoms with Gasteiger partial charge in [0.05, 0.1) is 12.7 Å². The molecule has 0 aliphatic rings. The lowest BCUT2D eigenvalue weighted by atomic mass is 10.1. The fourth-order valence-corrected chi connectivity index (χ4v) is 1.88. The summed E-state index contributed by atoms with van der Waals surface area (Å²) < 4.78 is 15.7. The number of nitrogens with two attached hydrogens (primary N) is 1. The fourth-order valence-electron chi connectivity index (χ4n) is 1.88. The molecule has 7 nitrogen and oxygen atoms in total. The molecule has 0 fully saturated rings. The van der Waals surface area contributed by atoms with Crippen molar-refractivity contribution in [3.05, 3.63) is 35.5 Å². The van der Waals surface area contributed by atoms with Gasteiger partial charge in [-0.3, -0.25) is 4.79 Å². The van der Waals surface area contributed by atoms with Gasteiger partial charge in [0, 0.05) is 6.42 Å². The summed E-state index contributed by atoms with van der Waals surface area (Å²) in [5, 5.41) is 3.84. The van der Waals surface area contributed by atoms with Crippen LogP contribution in [0.4, 0.5) is 0 Å².